The van der Waals surface area contributed by atoms with Gasteiger partial charge >= 0.3 is 0 Å². The Morgan fingerprint density at radius 3 is 3.27 bits per heavy atom. The van der Waals surface area contributed by atoms with E-state index in [9.17, 15) is 0 Å². The van der Waals surface area contributed by atoms with Gasteiger partial charge in [0.2, 0.25) is 5.89 Å². The zero-order valence-electron chi connectivity index (χ0n) is 9.25. The van der Waals surface area contributed by atoms with Crippen molar-refractivity contribution in [1.29, 1.82) is 0 Å². The maximum Gasteiger partial charge on any atom is 0.211 e. The van der Waals surface area contributed by atoms with E-state index in [2.05, 4.69) is 15.6 Å². The molecule has 2 heterocycles. The molecule has 1 aliphatic heterocycles. The summed E-state index contributed by atoms with van der Waals surface area (Å²) in [5.74, 6) is 1.84. The van der Waals surface area contributed by atoms with Crippen molar-refractivity contribution < 1.29 is 4.42 Å². The second-order valence-corrected chi connectivity index (χ2v) is 4.02. The zero-order valence-corrected chi connectivity index (χ0v) is 9.25. The number of nitrogens with one attached hydrogen (secondary N) is 2. The van der Waals surface area contributed by atoms with Crippen molar-refractivity contribution in [2.75, 3.05) is 20.1 Å². The highest BCUT2D eigenvalue weighted by molar-refractivity contribution is 4.99. The molecule has 2 N–H and O–H groups in total. The molecule has 0 radical (unpaired) electrons. The van der Waals surface area contributed by atoms with Gasteiger partial charge in [-0.2, -0.15) is 0 Å². The van der Waals surface area contributed by atoms with E-state index in [1.807, 2.05) is 13.2 Å². The summed E-state index contributed by atoms with van der Waals surface area (Å²) < 4.78 is 5.71. The third kappa shape index (κ3) is 2.79. The highest BCUT2D eigenvalue weighted by Gasteiger charge is 2.19. The van der Waals surface area contributed by atoms with Gasteiger partial charge in [0, 0.05) is 13.0 Å². The second kappa shape index (κ2) is 5.28. The topological polar surface area (TPSA) is 50.1 Å². The summed E-state index contributed by atoms with van der Waals surface area (Å²) in [5, 5.41) is 6.53. The molecule has 0 bridgehead atoms. The summed E-state index contributed by atoms with van der Waals surface area (Å²) in [4.78, 5) is 4.34. The molecule has 0 saturated carbocycles. The van der Waals surface area contributed by atoms with Gasteiger partial charge in [-0.15, -0.1) is 0 Å². The van der Waals surface area contributed by atoms with Gasteiger partial charge in [0.05, 0.1) is 12.2 Å². The molecule has 0 amide bonds. The maximum absolute atomic E-state index is 5.71. The number of hydrogen-bond acceptors (Lipinski definition) is 4. The Bertz CT molecular complexity index is 292. The molecular weight excluding hydrogens is 190 g/mol. The van der Waals surface area contributed by atoms with Crippen molar-refractivity contribution in [3.8, 4) is 0 Å². The van der Waals surface area contributed by atoms with E-state index in [4.69, 9.17) is 4.42 Å². The molecule has 4 nitrogen and oxygen atoms in total. The maximum atomic E-state index is 5.71. The van der Waals surface area contributed by atoms with Crippen molar-refractivity contribution in [1.82, 2.24) is 15.6 Å². The van der Waals surface area contributed by atoms with Crippen molar-refractivity contribution in [3.63, 3.8) is 0 Å². The zero-order chi connectivity index (χ0) is 10.5. The quantitative estimate of drug-likeness (QED) is 0.783. The number of nitrogens with zero attached hydrogens (tertiary/aromatic N) is 1. The van der Waals surface area contributed by atoms with E-state index in [0.29, 0.717) is 6.04 Å². The summed E-state index contributed by atoms with van der Waals surface area (Å²) in [7, 11) is 1.94. The van der Waals surface area contributed by atoms with Crippen LogP contribution in [0.25, 0.3) is 0 Å². The summed E-state index contributed by atoms with van der Waals surface area (Å²) in [5.41, 5.74) is 0. The lowest BCUT2D eigenvalue weighted by molar-refractivity contribution is 0.329. The molecule has 84 valence electrons. The van der Waals surface area contributed by atoms with Crippen LogP contribution >= 0.6 is 0 Å². The Morgan fingerprint density at radius 2 is 2.53 bits per heavy atom. The fourth-order valence-electron chi connectivity index (χ4n) is 1.91. The van der Waals surface area contributed by atoms with E-state index >= 15 is 0 Å². The third-order valence-corrected chi connectivity index (χ3v) is 2.80. The lowest BCUT2D eigenvalue weighted by atomic mass is 10.1. The molecule has 1 fully saturated rings. The van der Waals surface area contributed by atoms with Crippen molar-refractivity contribution >= 4 is 0 Å². The normalized spacial score (nSPS) is 21.8. The van der Waals surface area contributed by atoms with E-state index < -0.39 is 0 Å². The molecule has 1 atom stereocenters. The average molecular weight is 209 g/mol. The molecule has 1 saturated heterocycles. The Kier molecular flexibility index (Phi) is 3.75. The largest absolute Gasteiger partial charge is 0.444 e. The van der Waals surface area contributed by atoms with Crippen LogP contribution in [-0.2, 0) is 6.42 Å². The van der Waals surface area contributed by atoms with Crippen LogP contribution < -0.4 is 10.6 Å². The monoisotopic (exact) mass is 209 g/mol. The molecule has 1 unspecified atom stereocenters. The minimum absolute atomic E-state index is 0.335. The van der Waals surface area contributed by atoms with E-state index in [1.54, 1.807) is 0 Å². The van der Waals surface area contributed by atoms with Crippen LogP contribution in [0.3, 0.4) is 0 Å². The fraction of sp³-hybridized carbons (Fsp3) is 0.727. The van der Waals surface area contributed by atoms with Gasteiger partial charge in [0.15, 0.2) is 0 Å². The third-order valence-electron chi connectivity index (χ3n) is 2.80. The van der Waals surface area contributed by atoms with Gasteiger partial charge < -0.3 is 15.1 Å². The van der Waals surface area contributed by atoms with Gasteiger partial charge in [-0.05, 0) is 26.4 Å². The number of hydrogen-bond donors (Lipinski definition) is 2. The number of likely N-dealkylation sites (N-methyl/N-ethyl adjacent to an activating group) is 1. The van der Waals surface area contributed by atoms with Crippen LogP contribution in [-0.4, -0.2) is 25.1 Å². The summed E-state index contributed by atoms with van der Waals surface area (Å²) >= 11 is 0. The highest BCUT2D eigenvalue weighted by Crippen LogP contribution is 2.22. The standard InChI is InChI=1S/C11H19N3O/c1-12-7-5-9-8-14-11(15-9)10-4-2-3-6-13-10/h8,10,12-13H,2-7H2,1H3. The molecular formula is C11H19N3O. The predicted octanol–water partition coefficient (Wildman–Crippen LogP) is 1.25. The highest BCUT2D eigenvalue weighted by atomic mass is 16.4. The van der Waals surface area contributed by atoms with Crippen LogP contribution in [0.15, 0.2) is 10.6 Å². The first-order valence-corrected chi connectivity index (χ1v) is 5.72. The summed E-state index contributed by atoms with van der Waals surface area (Å²) in [6.45, 7) is 2.02. The van der Waals surface area contributed by atoms with E-state index in [1.165, 1.54) is 12.8 Å². The Labute approximate surface area is 90.5 Å². The molecule has 15 heavy (non-hydrogen) atoms. The Morgan fingerprint density at radius 1 is 1.60 bits per heavy atom. The van der Waals surface area contributed by atoms with Gasteiger partial charge in [0.1, 0.15) is 5.76 Å². The lowest BCUT2D eigenvalue weighted by Crippen LogP contribution is -2.26. The van der Waals surface area contributed by atoms with Gasteiger partial charge in [-0.1, -0.05) is 6.42 Å². The fourth-order valence-corrected chi connectivity index (χ4v) is 1.91. The van der Waals surface area contributed by atoms with Gasteiger partial charge in [0.25, 0.3) is 0 Å². The average Bonchev–Trinajstić information content (AvgIpc) is 2.76. The van der Waals surface area contributed by atoms with Crippen LogP contribution in [0.5, 0.6) is 0 Å². The SMILES string of the molecule is CNCCc1cnc(C2CCCCN2)o1. The molecule has 1 aromatic heterocycles. The number of rotatable bonds is 4. The predicted molar refractivity (Wildman–Crippen MR) is 58.7 cm³/mol. The first-order valence-electron chi connectivity index (χ1n) is 5.72. The van der Waals surface area contributed by atoms with Gasteiger partial charge in [-0.25, -0.2) is 4.98 Å². The van der Waals surface area contributed by atoms with Crippen molar-refractivity contribution in [2.24, 2.45) is 0 Å². The first-order chi connectivity index (χ1) is 7.40. The Hall–Kier alpha value is -0.870. The summed E-state index contributed by atoms with van der Waals surface area (Å²) in [6.07, 6.45) is 6.45. The van der Waals surface area contributed by atoms with Crippen molar-refractivity contribution in [2.45, 2.75) is 31.7 Å². The van der Waals surface area contributed by atoms with Crippen LogP contribution in [0.1, 0.15) is 37.0 Å². The number of oxazole rings is 1. The minimum atomic E-state index is 0.335. The molecule has 0 spiro atoms. The second-order valence-electron chi connectivity index (χ2n) is 4.02. The van der Waals surface area contributed by atoms with Crippen LogP contribution in [0, 0.1) is 0 Å². The molecule has 0 aromatic carbocycles. The van der Waals surface area contributed by atoms with E-state index in [-0.39, 0.29) is 0 Å². The van der Waals surface area contributed by atoms with Gasteiger partial charge in [-0.3, -0.25) is 0 Å². The molecule has 2 rings (SSSR count). The molecule has 1 aliphatic rings. The van der Waals surface area contributed by atoms with Crippen molar-refractivity contribution in [3.05, 3.63) is 17.8 Å². The molecule has 1 aromatic rings. The number of aromatic nitrogens is 1. The Balaban J connectivity index is 1.93. The van der Waals surface area contributed by atoms with E-state index in [0.717, 1.165) is 37.6 Å². The number of piperidine rings is 1. The summed E-state index contributed by atoms with van der Waals surface area (Å²) in [6, 6.07) is 0.335. The smallest absolute Gasteiger partial charge is 0.211 e. The van der Waals surface area contributed by atoms with Crippen LogP contribution in [0.2, 0.25) is 0 Å². The molecule has 0 aliphatic carbocycles. The first kappa shape index (κ1) is 10.6. The minimum Gasteiger partial charge on any atom is -0.444 e. The van der Waals surface area contributed by atoms with Crippen LogP contribution in [0.4, 0.5) is 0 Å². The molecule has 4 heteroatoms. The lowest BCUT2D eigenvalue weighted by Gasteiger charge is -2.20.